The van der Waals surface area contributed by atoms with Crippen LogP contribution in [0.25, 0.3) is 0 Å². The zero-order valence-electron chi connectivity index (χ0n) is 11.6. The molecule has 100 valence electrons. The fourth-order valence-electron chi connectivity index (χ4n) is 2.70. The summed E-state index contributed by atoms with van der Waals surface area (Å²) in [5.41, 5.74) is 2.49. The van der Waals surface area contributed by atoms with Crippen molar-refractivity contribution < 1.29 is 9.47 Å². The van der Waals surface area contributed by atoms with Crippen molar-refractivity contribution in [1.29, 1.82) is 0 Å². The van der Waals surface area contributed by atoms with Gasteiger partial charge in [-0.2, -0.15) is 0 Å². The number of rotatable bonds is 4. The fourth-order valence-corrected chi connectivity index (χ4v) is 2.70. The van der Waals surface area contributed by atoms with Crippen LogP contribution in [0.2, 0.25) is 0 Å². The summed E-state index contributed by atoms with van der Waals surface area (Å²) in [7, 11) is 3.49. The summed E-state index contributed by atoms with van der Waals surface area (Å²) in [6, 6.07) is 4.29. The molecule has 1 unspecified atom stereocenters. The molecule has 2 rings (SSSR count). The molecule has 0 amide bonds. The normalized spacial score (nSPS) is 19.6. The van der Waals surface area contributed by atoms with Gasteiger partial charge in [0.1, 0.15) is 11.5 Å². The Morgan fingerprint density at radius 3 is 2.56 bits per heavy atom. The molecule has 0 bridgehead atoms. The molecule has 0 saturated carbocycles. The van der Waals surface area contributed by atoms with E-state index in [-0.39, 0.29) is 0 Å². The van der Waals surface area contributed by atoms with E-state index in [1.54, 1.807) is 14.2 Å². The van der Waals surface area contributed by atoms with E-state index < -0.39 is 0 Å². The van der Waals surface area contributed by atoms with Crippen LogP contribution in [-0.2, 0) is 6.42 Å². The number of ether oxygens (including phenoxy) is 2. The van der Waals surface area contributed by atoms with E-state index in [2.05, 4.69) is 24.4 Å². The van der Waals surface area contributed by atoms with E-state index in [1.807, 2.05) is 0 Å². The van der Waals surface area contributed by atoms with Crippen molar-refractivity contribution in [2.45, 2.75) is 32.1 Å². The number of hydrogen-bond donors (Lipinski definition) is 1. The van der Waals surface area contributed by atoms with Gasteiger partial charge < -0.3 is 14.8 Å². The van der Waals surface area contributed by atoms with Crippen molar-refractivity contribution in [2.75, 3.05) is 27.3 Å². The van der Waals surface area contributed by atoms with E-state index in [1.165, 1.54) is 24.0 Å². The average Bonchev–Trinajstić information content (AvgIpc) is 2.46. The molecular weight excluding hydrogens is 226 g/mol. The number of aryl methyl sites for hydroxylation is 1. The number of nitrogens with one attached hydrogen (secondary N) is 1. The molecule has 1 aromatic rings. The molecule has 1 heterocycles. The van der Waals surface area contributed by atoms with Gasteiger partial charge in [-0.3, -0.25) is 0 Å². The van der Waals surface area contributed by atoms with Crippen molar-refractivity contribution in [1.82, 2.24) is 5.32 Å². The molecule has 18 heavy (non-hydrogen) atoms. The van der Waals surface area contributed by atoms with E-state index in [9.17, 15) is 0 Å². The Labute approximate surface area is 109 Å². The number of hydrogen-bond acceptors (Lipinski definition) is 3. The maximum Gasteiger partial charge on any atom is 0.122 e. The average molecular weight is 249 g/mol. The summed E-state index contributed by atoms with van der Waals surface area (Å²) < 4.78 is 11.0. The van der Waals surface area contributed by atoms with Crippen molar-refractivity contribution in [3.63, 3.8) is 0 Å². The Morgan fingerprint density at radius 1 is 1.22 bits per heavy atom. The lowest BCUT2D eigenvalue weighted by molar-refractivity contribution is 0.381. The van der Waals surface area contributed by atoms with Crippen LogP contribution in [0.3, 0.4) is 0 Å². The van der Waals surface area contributed by atoms with Gasteiger partial charge in [0.15, 0.2) is 0 Å². The minimum Gasteiger partial charge on any atom is -0.496 e. The molecule has 3 heteroatoms. The topological polar surface area (TPSA) is 30.5 Å². The molecule has 0 aliphatic carbocycles. The van der Waals surface area contributed by atoms with E-state index in [0.29, 0.717) is 5.92 Å². The monoisotopic (exact) mass is 249 g/mol. The van der Waals surface area contributed by atoms with Gasteiger partial charge in [0.2, 0.25) is 0 Å². The number of methoxy groups -OCH3 is 2. The molecule has 1 aliphatic rings. The molecule has 1 saturated heterocycles. The second-order valence-electron chi connectivity index (χ2n) is 4.80. The predicted octanol–water partition coefficient (Wildman–Crippen LogP) is 2.73. The highest BCUT2D eigenvalue weighted by molar-refractivity contribution is 5.48. The second-order valence-corrected chi connectivity index (χ2v) is 4.80. The minimum absolute atomic E-state index is 0.536. The van der Waals surface area contributed by atoms with Crippen molar-refractivity contribution in [3.8, 4) is 11.5 Å². The molecule has 0 radical (unpaired) electrons. The summed E-state index contributed by atoms with van der Waals surface area (Å²) in [6.45, 7) is 4.30. The van der Waals surface area contributed by atoms with Gasteiger partial charge >= 0.3 is 0 Å². The fraction of sp³-hybridized carbons (Fsp3) is 0.600. The molecular formula is C15H23NO2. The lowest BCUT2D eigenvalue weighted by atomic mass is 9.89. The maximum absolute atomic E-state index is 5.56. The highest BCUT2D eigenvalue weighted by Crippen LogP contribution is 2.36. The lowest BCUT2D eigenvalue weighted by Crippen LogP contribution is -2.28. The summed E-state index contributed by atoms with van der Waals surface area (Å²) >= 11 is 0. The SMILES string of the molecule is CCc1cc(OC)c(C2CCCNC2)cc1OC. The van der Waals surface area contributed by atoms with E-state index in [0.717, 1.165) is 31.0 Å². The molecule has 1 aromatic carbocycles. The first-order valence-corrected chi connectivity index (χ1v) is 6.75. The molecule has 3 nitrogen and oxygen atoms in total. The minimum atomic E-state index is 0.536. The summed E-state index contributed by atoms with van der Waals surface area (Å²) in [6.07, 6.45) is 3.41. The van der Waals surface area contributed by atoms with Gasteiger partial charge in [-0.05, 0) is 43.5 Å². The van der Waals surface area contributed by atoms with Crippen LogP contribution >= 0.6 is 0 Å². The molecule has 1 atom stereocenters. The smallest absolute Gasteiger partial charge is 0.122 e. The Balaban J connectivity index is 2.37. The van der Waals surface area contributed by atoms with Crippen LogP contribution < -0.4 is 14.8 Å². The largest absolute Gasteiger partial charge is 0.496 e. The van der Waals surface area contributed by atoms with E-state index in [4.69, 9.17) is 9.47 Å². The third kappa shape index (κ3) is 2.61. The zero-order valence-corrected chi connectivity index (χ0v) is 11.6. The predicted molar refractivity (Wildman–Crippen MR) is 73.8 cm³/mol. The molecule has 1 fully saturated rings. The van der Waals surface area contributed by atoms with E-state index >= 15 is 0 Å². The van der Waals surface area contributed by atoms with Crippen LogP contribution in [0.5, 0.6) is 11.5 Å². The van der Waals surface area contributed by atoms with Crippen molar-refractivity contribution in [3.05, 3.63) is 23.3 Å². The molecule has 1 aliphatic heterocycles. The Kier molecular flexibility index (Phi) is 4.48. The van der Waals surface area contributed by atoms with Crippen LogP contribution in [0, 0.1) is 0 Å². The Morgan fingerprint density at radius 2 is 2.00 bits per heavy atom. The standard InChI is InChI=1S/C15H23NO2/c1-4-11-8-15(18-3)13(9-14(11)17-2)12-6-5-7-16-10-12/h8-9,12,16H,4-7,10H2,1-3H3. The summed E-state index contributed by atoms with van der Waals surface area (Å²) in [5.74, 6) is 2.52. The highest BCUT2D eigenvalue weighted by Gasteiger charge is 2.20. The second kappa shape index (κ2) is 6.10. The lowest BCUT2D eigenvalue weighted by Gasteiger charge is -2.25. The number of piperidine rings is 1. The molecule has 0 aromatic heterocycles. The third-order valence-corrected chi connectivity index (χ3v) is 3.75. The maximum atomic E-state index is 5.56. The number of benzene rings is 1. The molecule has 0 spiro atoms. The first-order chi connectivity index (χ1) is 8.80. The quantitative estimate of drug-likeness (QED) is 0.890. The Bertz CT molecular complexity index is 398. The first kappa shape index (κ1) is 13.2. The summed E-state index contributed by atoms with van der Waals surface area (Å²) in [5, 5.41) is 3.45. The van der Waals surface area contributed by atoms with Gasteiger partial charge in [-0.25, -0.2) is 0 Å². The van der Waals surface area contributed by atoms with Gasteiger partial charge in [0.05, 0.1) is 14.2 Å². The van der Waals surface area contributed by atoms with Gasteiger partial charge in [0, 0.05) is 18.0 Å². The van der Waals surface area contributed by atoms with Crippen LogP contribution in [0.4, 0.5) is 0 Å². The zero-order chi connectivity index (χ0) is 13.0. The highest BCUT2D eigenvalue weighted by atomic mass is 16.5. The van der Waals surface area contributed by atoms with Gasteiger partial charge in [-0.15, -0.1) is 0 Å². The third-order valence-electron chi connectivity index (χ3n) is 3.75. The van der Waals surface area contributed by atoms with Crippen LogP contribution in [0.1, 0.15) is 36.8 Å². The molecule has 1 N–H and O–H groups in total. The van der Waals surface area contributed by atoms with Crippen molar-refractivity contribution >= 4 is 0 Å². The van der Waals surface area contributed by atoms with Gasteiger partial charge in [0.25, 0.3) is 0 Å². The van der Waals surface area contributed by atoms with Crippen molar-refractivity contribution in [2.24, 2.45) is 0 Å². The summed E-state index contributed by atoms with van der Waals surface area (Å²) in [4.78, 5) is 0. The van der Waals surface area contributed by atoms with Gasteiger partial charge in [-0.1, -0.05) is 6.92 Å². The van der Waals surface area contributed by atoms with Crippen LogP contribution in [0.15, 0.2) is 12.1 Å². The first-order valence-electron chi connectivity index (χ1n) is 6.75. The Hall–Kier alpha value is -1.22. The van der Waals surface area contributed by atoms with Crippen LogP contribution in [-0.4, -0.2) is 27.3 Å².